The Morgan fingerprint density at radius 3 is 2.56 bits per heavy atom. The molecule has 0 spiro atoms. The van der Waals surface area contributed by atoms with E-state index in [1.807, 2.05) is 0 Å². The molecule has 1 aromatic heterocycles. The number of ether oxygens (including phenoxy) is 3. The summed E-state index contributed by atoms with van der Waals surface area (Å²) in [5, 5.41) is 0.746. The van der Waals surface area contributed by atoms with E-state index < -0.39 is 21.7 Å². The maximum absolute atomic E-state index is 13.6. The Bertz CT molecular complexity index is 1340. The van der Waals surface area contributed by atoms with Crippen molar-refractivity contribution >= 4 is 26.7 Å². The molecule has 180 valence electrons. The van der Waals surface area contributed by atoms with E-state index in [0.29, 0.717) is 35.6 Å². The Hall–Kier alpha value is -3.05. The number of H-pyrrole nitrogens is 1. The Balaban J connectivity index is 1.70. The second-order valence-electron chi connectivity index (χ2n) is 8.02. The lowest BCUT2D eigenvalue weighted by Gasteiger charge is -2.29. The van der Waals surface area contributed by atoms with Crippen LogP contribution in [0.5, 0.6) is 5.75 Å². The second kappa shape index (κ2) is 10.1. The van der Waals surface area contributed by atoms with Crippen molar-refractivity contribution in [3.8, 4) is 5.75 Å². The minimum atomic E-state index is -4.01. The summed E-state index contributed by atoms with van der Waals surface area (Å²) >= 11 is 0. The van der Waals surface area contributed by atoms with Gasteiger partial charge in [-0.1, -0.05) is 12.1 Å². The molecule has 2 aromatic carbocycles. The van der Waals surface area contributed by atoms with Gasteiger partial charge in [0.05, 0.1) is 43.4 Å². The molecule has 9 nitrogen and oxygen atoms in total. The zero-order chi connectivity index (χ0) is 24.3. The number of nitrogens with zero attached hydrogens (tertiary/aromatic N) is 1. The standard InChI is InChI=1S/C24H26N2O7S/c1-16(27)17-4-7-22(8-5-17)34(29,30)26(14-21-15-32-9-10-33-21)13-19-11-18-3-6-20(31-2)12-23(18)25-24(19)28/h3-8,11-12,21H,9-10,13-15H2,1-2H3,(H,25,28)/t21-/m0/s1. The zero-order valence-corrected chi connectivity index (χ0v) is 19.8. The molecular formula is C24H26N2O7S. The van der Waals surface area contributed by atoms with Crippen molar-refractivity contribution in [2.45, 2.75) is 24.5 Å². The van der Waals surface area contributed by atoms with Gasteiger partial charge >= 0.3 is 0 Å². The molecule has 0 unspecified atom stereocenters. The number of rotatable bonds is 8. The maximum Gasteiger partial charge on any atom is 0.252 e. The normalized spacial score (nSPS) is 16.6. The monoisotopic (exact) mass is 486 g/mol. The average Bonchev–Trinajstić information content (AvgIpc) is 2.84. The van der Waals surface area contributed by atoms with E-state index in [1.54, 1.807) is 24.3 Å². The largest absolute Gasteiger partial charge is 0.497 e. The average molecular weight is 487 g/mol. The Kier molecular flexibility index (Phi) is 7.13. The molecule has 0 aliphatic carbocycles. The number of carbonyl (C=O) groups is 1. The van der Waals surface area contributed by atoms with Crippen LogP contribution in [0, 0.1) is 0 Å². The number of aromatic amines is 1. The molecule has 3 aromatic rings. The van der Waals surface area contributed by atoms with Gasteiger partial charge in [-0.2, -0.15) is 4.31 Å². The highest BCUT2D eigenvalue weighted by Gasteiger charge is 2.30. The molecule has 1 N–H and O–H groups in total. The number of aromatic nitrogens is 1. The summed E-state index contributed by atoms with van der Waals surface area (Å²) in [5.74, 6) is 0.441. The van der Waals surface area contributed by atoms with Crippen molar-refractivity contribution in [2.24, 2.45) is 0 Å². The molecule has 34 heavy (non-hydrogen) atoms. The Labute approximate surface area is 197 Å². The van der Waals surface area contributed by atoms with Gasteiger partial charge in [0.25, 0.3) is 5.56 Å². The van der Waals surface area contributed by atoms with E-state index in [-0.39, 0.29) is 30.4 Å². The van der Waals surface area contributed by atoms with Crippen molar-refractivity contribution in [1.29, 1.82) is 0 Å². The molecule has 1 aliphatic rings. The molecule has 2 heterocycles. The van der Waals surface area contributed by atoms with Gasteiger partial charge in [0.1, 0.15) is 5.75 Å². The predicted octanol–water partition coefficient (Wildman–Crippen LogP) is 2.35. The Morgan fingerprint density at radius 1 is 1.15 bits per heavy atom. The van der Waals surface area contributed by atoms with Crippen LogP contribution in [0.3, 0.4) is 0 Å². The summed E-state index contributed by atoms with van der Waals surface area (Å²) in [6.45, 7) is 2.33. The van der Waals surface area contributed by atoms with Crippen molar-refractivity contribution in [1.82, 2.24) is 9.29 Å². The predicted molar refractivity (Wildman–Crippen MR) is 126 cm³/mol. The van der Waals surface area contributed by atoms with Gasteiger partial charge in [-0.3, -0.25) is 9.59 Å². The molecule has 0 bridgehead atoms. The molecule has 4 rings (SSSR count). The number of carbonyl (C=O) groups excluding carboxylic acids is 1. The number of pyridine rings is 1. The highest BCUT2D eigenvalue weighted by molar-refractivity contribution is 7.89. The fourth-order valence-electron chi connectivity index (χ4n) is 3.79. The summed E-state index contributed by atoms with van der Waals surface area (Å²) in [5.41, 5.74) is 0.897. The van der Waals surface area contributed by atoms with Gasteiger partial charge < -0.3 is 19.2 Å². The molecule has 0 radical (unpaired) electrons. The third-order valence-corrected chi connectivity index (χ3v) is 7.49. The van der Waals surface area contributed by atoms with Crippen LogP contribution < -0.4 is 10.3 Å². The molecule has 1 atom stereocenters. The third-order valence-electron chi connectivity index (χ3n) is 5.67. The van der Waals surface area contributed by atoms with Gasteiger partial charge in [0, 0.05) is 30.3 Å². The molecular weight excluding hydrogens is 460 g/mol. The van der Waals surface area contributed by atoms with E-state index in [4.69, 9.17) is 14.2 Å². The van der Waals surface area contributed by atoms with Crippen LogP contribution in [0.25, 0.3) is 10.9 Å². The minimum absolute atomic E-state index is 0.0108. The van der Waals surface area contributed by atoms with Crippen molar-refractivity contribution in [3.05, 3.63) is 70.0 Å². The topological polar surface area (TPSA) is 115 Å². The summed E-state index contributed by atoms with van der Waals surface area (Å²) in [6, 6.07) is 12.7. The Morgan fingerprint density at radius 2 is 1.91 bits per heavy atom. The third kappa shape index (κ3) is 5.20. The number of sulfonamides is 1. The van der Waals surface area contributed by atoms with Gasteiger partial charge in [-0.15, -0.1) is 0 Å². The van der Waals surface area contributed by atoms with Gasteiger partial charge in [0.2, 0.25) is 10.0 Å². The minimum Gasteiger partial charge on any atom is -0.497 e. The quantitative estimate of drug-likeness (QED) is 0.486. The van der Waals surface area contributed by atoms with Gasteiger partial charge in [-0.25, -0.2) is 8.42 Å². The molecule has 0 amide bonds. The van der Waals surface area contributed by atoms with Crippen LogP contribution in [-0.2, 0) is 26.0 Å². The molecule has 10 heteroatoms. The first-order valence-corrected chi connectivity index (χ1v) is 12.2. The molecule has 0 saturated carbocycles. The fourth-order valence-corrected chi connectivity index (χ4v) is 5.24. The first-order valence-electron chi connectivity index (χ1n) is 10.8. The SMILES string of the molecule is COc1ccc2cc(CN(C[C@H]3COCCO3)S(=O)(=O)c3ccc(C(C)=O)cc3)c(=O)[nH]c2c1. The number of methoxy groups -OCH3 is 1. The number of Topliss-reactive ketones (excluding diaryl/α,β-unsaturated/α-hetero) is 1. The van der Waals surface area contributed by atoms with Crippen molar-refractivity contribution in [2.75, 3.05) is 33.5 Å². The van der Waals surface area contributed by atoms with E-state index in [0.717, 1.165) is 5.39 Å². The number of hydrogen-bond donors (Lipinski definition) is 1. The zero-order valence-electron chi connectivity index (χ0n) is 18.9. The van der Waals surface area contributed by atoms with Crippen LogP contribution in [0.15, 0.2) is 58.2 Å². The number of hydrogen-bond acceptors (Lipinski definition) is 7. The number of benzene rings is 2. The van der Waals surface area contributed by atoms with E-state index >= 15 is 0 Å². The van der Waals surface area contributed by atoms with Gasteiger partial charge in [-0.05, 0) is 42.6 Å². The van der Waals surface area contributed by atoms with Crippen LogP contribution in [0.2, 0.25) is 0 Å². The highest BCUT2D eigenvalue weighted by atomic mass is 32.2. The second-order valence-corrected chi connectivity index (χ2v) is 9.96. The lowest BCUT2D eigenvalue weighted by atomic mass is 10.1. The first-order chi connectivity index (χ1) is 16.3. The number of nitrogens with one attached hydrogen (secondary N) is 1. The molecule has 1 fully saturated rings. The van der Waals surface area contributed by atoms with Crippen LogP contribution in [0.1, 0.15) is 22.8 Å². The van der Waals surface area contributed by atoms with Crippen LogP contribution >= 0.6 is 0 Å². The van der Waals surface area contributed by atoms with Crippen LogP contribution in [0.4, 0.5) is 0 Å². The maximum atomic E-state index is 13.6. The lowest BCUT2D eigenvalue weighted by Crippen LogP contribution is -2.43. The lowest BCUT2D eigenvalue weighted by molar-refractivity contribution is -0.0923. The smallest absolute Gasteiger partial charge is 0.252 e. The summed E-state index contributed by atoms with van der Waals surface area (Å²) < 4.78 is 44.7. The summed E-state index contributed by atoms with van der Waals surface area (Å²) in [7, 11) is -2.47. The number of ketones is 1. The van der Waals surface area contributed by atoms with E-state index in [1.165, 1.54) is 42.6 Å². The number of fused-ring (bicyclic) bond motifs is 1. The first kappa shape index (κ1) is 24.1. The fraction of sp³-hybridized carbons (Fsp3) is 0.333. The van der Waals surface area contributed by atoms with Crippen LogP contribution in [-0.4, -0.2) is 63.1 Å². The highest BCUT2D eigenvalue weighted by Crippen LogP contribution is 2.23. The van der Waals surface area contributed by atoms with Gasteiger partial charge in [0.15, 0.2) is 5.78 Å². The van der Waals surface area contributed by atoms with Crippen molar-refractivity contribution < 1.29 is 27.4 Å². The molecule has 1 saturated heterocycles. The summed E-state index contributed by atoms with van der Waals surface area (Å²) in [6.07, 6.45) is -0.469. The summed E-state index contributed by atoms with van der Waals surface area (Å²) in [4.78, 5) is 27.3. The van der Waals surface area contributed by atoms with E-state index in [2.05, 4.69) is 4.98 Å². The molecule has 1 aliphatic heterocycles. The van der Waals surface area contributed by atoms with E-state index in [9.17, 15) is 18.0 Å². The van der Waals surface area contributed by atoms with Crippen molar-refractivity contribution in [3.63, 3.8) is 0 Å².